The van der Waals surface area contributed by atoms with Crippen LogP contribution in [0.4, 0.5) is 5.69 Å². The quantitative estimate of drug-likeness (QED) is 0.837. The molecule has 6 heteroatoms. The average Bonchev–Trinajstić information content (AvgIpc) is 2.63. The van der Waals surface area contributed by atoms with E-state index in [1.807, 2.05) is 38.1 Å². The van der Waals surface area contributed by atoms with Crippen LogP contribution in [0.3, 0.4) is 0 Å². The molecule has 0 bridgehead atoms. The number of nitrogens with one attached hydrogen (secondary N) is 2. The van der Waals surface area contributed by atoms with E-state index >= 15 is 0 Å². The molecule has 0 saturated carbocycles. The Balaban J connectivity index is 1.89. The highest BCUT2D eigenvalue weighted by Crippen LogP contribution is 2.19. The van der Waals surface area contributed by atoms with Gasteiger partial charge >= 0.3 is 0 Å². The van der Waals surface area contributed by atoms with Gasteiger partial charge in [-0.15, -0.1) is 0 Å². The summed E-state index contributed by atoms with van der Waals surface area (Å²) in [6.45, 7) is 5.21. The van der Waals surface area contributed by atoms with E-state index < -0.39 is 12.0 Å². The highest BCUT2D eigenvalue weighted by Gasteiger charge is 2.17. The van der Waals surface area contributed by atoms with Crippen molar-refractivity contribution in [2.45, 2.75) is 26.9 Å². The number of benzene rings is 2. The molecule has 134 valence electrons. The molecular formula is C20H21N3O3. The molecule has 0 spiro atoms. The van der Waals surface area contributed by atoms with Crippen molar-refractivity contribution >= 4 is 17.5 Å². The molecule has 6 nitrogen and oxygen atoms in total. The van der Waals surface area contributed by atoms with Gasteiger partial charge in [0.1, 0.15) is 11.8 Å². The second-order valence-electron chi connectivity index (χ2n) is 5.90. The third-order valence-electron chi connectivity index (χ3n) is 3.85. The van der Waals surface area contributed by atoms with Gasteiger partial charge in [-0.1, -0.05) is 30.3 Å². The van der Waals surface area contributed by atoms with E-state index in [1.165, 1.54) is 0 Å². The van der Waals surface area contributed by atoms with Crippen molar-refractivity contribution in [1.29, 1.82) is 5.26 Å². The van der Waals surface area contributed by atoms with Gasteiger partial charge in [0, 0.05) is 5.69 Å². The molecule has 26 heavy (non-hydrogen) atoms. The first-order chi connectivity index (χ1) is 12.4. The molecule has 0 heterocycles. The third-order valence-corrected chi connectivity index (χ3v) is 3.85. The fourth-order valence-corrected chi connectivity index (χ4v) is 2.41. The molecule has 2 rings (SSSR count). The largest absolute Gasteiger partial charge is 0.480 e. The van der Waals surface area contributed by atoms with Crippen LogP contribution < -0.4 is 15.4 Å². The first-order valence-electron chi connectivity index (χ1n) is 8.22. The van der Waals surface area contributed by atoms with Crippen LogP contribution in [-0.4, -0.2) is 24.5 Å². The summed E-state index contributed by atoms with van der Waals surface area (Å²) >= 11 is 0. The number of aryl methyl sites for hydroxylation is 2. The number of hydrogen-bond donors (Lipinski definition) is 2. The number of nitriles is 1. The first-order valence-corrected chi connectivity index (χ1v) is 8.22. The molecule has 0 aromatic heterocycles. The molecule has 0 saturated heterocycles. The van der Waals surface area contributed by atoms with Crippen molar-refractivity contribution in [3.05, 3.63) is 59.2 Å². The maximum Gasteiger partial charge on any atom is 0.261 e. The Bertz CT molecular complexity index is 835. The number of para-hydroxylation sites is 2. The number of ether oxygens (including phenoxy) is 1. The van der Waals surface area contributed by atoms with Crippen LogP contribution in [0.1, 0.15) is 23.6 Å². The van der Waals surface area contributed by atoms with Gasteiger partial charge in [-0.25, -0.2) is 0 Å². The molecule has 0 aliphatic heterocycles. The zero-order chi connectivity index (χ0) is 19.1. The SMILES string of the molecule is Cc1cccc(C)c1NC(=O)CNC(=O)[C@H](C)Oc1ccccc1C#N. The standard InChI is InChI=1S/C20H21N3O3/c1-13-7-6-8-14(2)19(13)23-18(24)12-22-20(25)15(3)26-17-10-5-4-9-16(17)11-21/h4-10,15H,12H2,1-3H3,(H,22,25)(H,23,24)/t15-/m0/s1. The van der Waals surface area contributed by atoms with Gasteiger partial charge in [-0.05, 0) is 44.0 Å². The molecule has 2 aromatic carbocycles. The van der Waals surface area contributed by atoms with Crippen LogP contribution in [0, 0.1) is 25.2 Å². The number of amides is 2. The number of hydrogen-bond acceptors (Lipinski definition) is 4. The maximum atomic E-state index is 12.1. The van der Waals surface area contributed by atoms with Gasteiger partial charge in [-0.2, -0.15) is 5.26 Å². The fourth-order valence-electron chi connectivity index (χ4n) is 2.41. The van der Waals surface area contributed by atoms with E-state index in [0.29, 0.717) is 11.3 Å². The van der Waals surface area contributed by atoms with Crippen molar-refractivity contribution in [3.63, 3.8) is 0 Å². The summed E-state index contributed by atoms with van der Waals surface area (Å²) < 4.78 is 5.52. The lowest BCUT2D eigenvalue weighted by Gasteiger charge is -2.16. The van der Waals surface area contributed by atoms with Crippen molar-refractivity contribution in [3.8, 4) is 11.8 Å². The van der Waals surface area contributed by atoms with E-state index in [-0.39, 0.29) is 12.5 Å². The molecule has 0 fully saturated rings. The lowest BCUT2D eigenvalue weighted by Crippen LogP contribution is -2.40. The Morgan fingerprint density at radius 1 is 1.12 bits per heavy atom. The Morgan fingerprint density at radius 3 is 2.42 bits per heavy atom. The lowest BCUT2D eigenvalue weighted by molar-refractivity contribution is -0.129. The van der Waals surface area contributed by atoms with Crippen LogP contribution in [0.5, 0.6) is 5.75 Å². The van der Waals surface area contributed by atoms with Crippen LogP contribution in [0.15, 0.2) is 42.5 Å². The van der Waals surface area contributed by atoms with Gasteiger partial charge in [0.2, 0.25) is 5.91 Å². The zero-order valence-electron chi connectivity index (χ0n) is 15.0. The molecular weight excluding hydrogens is 330 g/mol. The van der Waals surface area contributed by atoms with Crippen molar-refractivity contribution < 1.29 is 14.3 Å². The highest BCUT2D eigenvalue weighted by molar-refractivity contribution is 5.96. The number of carbonyl (C=O) groups is 2. The van der Waals surface area contributed by atoms with Gasteiger partial charge in [-0.3, -0.25) is 9.59 Å². The smallest absolute Gasteiger partial charge is 0.261 e. The zero-order valence-corrected chi connectivity index (χ0v) is 15.0. The molecule has 0 aliphatic rings. The second-order valence-corrected chi connectivity index (χ2v) is 5.90. The van der Waals surface area contributed by atoms with Crippen LogP contribution in [0.25, 0.3) is 0 Å². The summed E-state index contributed by atoms with van der Waals surface area (Å²) in [5.74, 6) is -0.424. The molecule has 0 unspecified atom stereocenters. The van der Waals surface area contributed by atoms with Gasteiger partial charge < -0.3 is 15.4 Å². The molecule has 2 aromatic rings. The lowest BCUT2D eigenvalue weighted by atomic mass is 10.1. The van der Waals surface area contributed by atoms with Crippen LogP contribution >= 0.6 is 0 Å². The minimum absolute atomic E-state index is 0.166. The second kappa shape index (κ2) is 8.67. The first kappa shape index (κ1) is 19.0. The van der Waals surface area contributed by atoms with E-state index in [4.69, 9.17) is 10.00 Å². The molecule has 1 atom stereocenters. The van der Waals surface area contributed by atoms with E-state index in [1.54, 1.807) is 31.2 Å². The summed E-state index contributed by atoms with van der Waals surface area (Å²) in [4.78, 5) is 24.2. The molecule has 0 radical (unpaired) electrons. The molecule has 0 aliphatic carbocycles. The Morgan fingerprint density at radius 2 is 1.77 bits per heavy atom. The molecule has 2 N–H and O–H groups in total. The normalized spacial score (nSPS) is 11.2. The molecule has 2 amide bonds. The summed E-state index contributed by atoms with van der Waals surface area (Å²) in [6, 6.07) is 14.4. The highest BCUT2D eigenvalue weighted by atomic mass is 16.5. The van der Waals surface area contributed by atoms with Crippen LogP contribution in [0.2, 0.25) is 0 Å². The summed E-state index contributed by atoms with van der Waals surface area (Å²) in [6.07, 6.45) is -0.836. The number of nitrogens with zero attached hydrogens (tertiary/aromatic N) is 1. The van der Waals surface area contributed by atoms with E-state index in [9.17, 15) is 9.59 Å². The predicted octanol–water partition coefficient (Wildman–Crippen LogP) is 2.70. The summed E-state index contributed by atoms with van der Waals surface area (Å²) in [5.41, 5.74) is 3.00. The Labute approximate surface area is 152 Å². The average molecular weight is 351 g/mol. The van der Waals surface area contributed by atoms with Crippen LogP contribution in [-0.2, 0) is 9.59 Å². The van der Waals surface area contributed by atoms with Gasteiger partial charge in [0.05, 0.1) is 12.1 Å². The Hall–Kier alpha value is -3.33. The summed E-state index contributed by atoms with van der Waals surface area (Å²) in [5, 5.41) is 14.4. The Kier molecular flexibility index (Phi) is 6.34. The van der Waals surface area contributed by atoms with Gasteiger partial charge in [0.25, 0.3) is 5.91 Å². The predicted molar refractivity (Wildman–Crippen MR) is 98.8 cm³/mol. The fraction of sp³-hybridized carbons (Fsp3) is 0.250. The summed E-state index contributed by atoms with van der Waals surface area (Å²) in [7, 11) is 0. The van der Waals surface area contributed by atoms with Gasteiger partial charge in [0.15, 0.2) is 6.10 Å². The maximum absolute atomic E-state index is 12.1. The van der Waals surface area contributed by atoms with Crippen molar-refractivity contribution in [2.75, 3.05) is 11.9 Å². The monoisotopic (exact) mass is 351 g/mol. The topological polar surface area (TPSA) is 91.2 Å². The number of carbonyl (C=O) groups excluding carboxylic acids is 2. The number of rotatable bonds is 6. The van der Waals surface area contributed by atoms with E-state index in [2.05, 4.69) is 10.6 Å². The number of anilines is 1. The minimum Gasteiger partial charge on any atom is -0.480 e. The van der Waals surface area contributed by atoms with Crippen molar-refractivity contribution in [2.24, 2.45) is 0 Å². The minimum atomic E-state index is -0.836. The van der Waals surface area contributed by atoms with E-state index in [0.717, 1.165) is 16.8 Å². The third kappa shape index (κ3) is 4.84. The van der Waals surface area contributed by atoms with Crippen molar-refractivity contribution in [1.82, 2.24) is 5.32 Å².